The molecule has 0 amide bonds. The second kappa shape index (κ2) is 4.50. The van der Waals surface area contributed by atoms with Crippen molar-refractivity contribution >= 4 is 11.6 Å². The molecular weight excluding hydrogens is 249 g/mol. The van der Waals surface area contributed by atoms with E-state index in [1.165, 1.54) is 12.1 Å². The zero-order valence-electron chi connectivity index (χ0n) is 11.3. The molecule has 1 aliphatic carbocycles. The summed E-state index contributed by atoms with van der Waals surface area (Å²) < 4.78 is 13.4. The highest BCUT2D eigenvalue weighted by atomic mass is 35.5. The van der Waals surface area contributed by atoms with Crippen LogP contribution in [0.2, 0.25) is 5.02 Å². The van der Waals surface area contributed by atoms with E-state index < -0.39 is 5.54 Å². The van der Waals surface area contributed by atoms with Gasteiger partial charge in [-0.2, -0.15) is 0 Å². The summed E-state index contributed by atoms with van der Waals surface area (Å²) in [5.41, 5.74) is 6.97. The van der Waals surface area contributed by atoms with Crippen LogP contribution < -0.4 is 5.73 Å². The summed E-state index contributed by atoms with van der Waals surface area (Å²) in [4.78, 5) is 0. The molecule has 2 atom stereocenters. The van der Waals surface area contributed by atoms with Gasteiger partial charge in [-0.3, -0.25) is 0 Å². The highest BCUT2D eigenvalue weighted by Crippen LogP contribution is 2.48. The summed E-state index contributed by atoms with van der Waals surface area (Å²) in [6, 6.07) is 4.48. The van der Waals surface area contributed by atoms with Gasteiger partial charge in [0.2, 0.25) is 0 Å². The second-order valence-corrected chi connectivity index (χ2v) is 7.04. The Morgan fingerprint density at radius 3 is 2.61 bits per heavy atom. The smallest absolute Gasteiger partial charge is 0.123 e. The Kier molecular flexibility index (Phi) is 3.46. The molecule has 1 aromatic carbocycles. The van der Waals surface area contributed by atoms with Gasteiger partial charge in [0.05, 0.1) is 0 Å². The minimum absolute atomic E-state index is 0.169. The summed E-state index contributed by atoms with van der Waals surface area (Å²) in [7, 11) is 0. The molecule has 0 aliphatic heterocycles. The third-order valence-corrected chi connectivity index (χ3v) is 4.20. The first-order valence-electron chi connectivity index (χ1n) is 6.46. The number of rotatable bonds is 1. The van der Waals surface area contributed by atoms with Crippen molar-refractivity contribution in [2.45, 2.75) is 45.6 Å². The van der Waals surface area contributed by atoms with E-state index in [0.717, 1.165) is 24.8 Å². The van der Waals surface area contributed by atoms with Crippen molar-refractivity contribution in [1.29, 1.82) is 0 Å². The van der Waals surface area contributed by atoms with E-state index >= 15 is 0 Å². The zero-order valence-corrected chi connectivity index (χ0v) is 12.0. The fraction of sp³-hybridized carbons (Fsp3) is 0.600. The van der Waals surface area contributed by atoms with Gasteiger partial charge in [-0.1, -0.05) is 32.4 Å². The fourth-order valence-electron chi connectivity index (χ4n) is 3.72. The van der Waals surface area contributed by atoms with Crippen molar-refractivity contribution < 1.29 is 4.39 Å². The van der Waals surface area contributed by atoms with E-state index in [1.54, 1.807) is 6.07 Å². The van der Waals surface area contributed by atoms with E-state index in [-0.39, 0.29) is 11.2 Å². The Balaban J connectivity index is 2.43. The lowest BCUT2D eigenvalue weighted by atomic mass is 9.62. The Bertz CT molecular complexity index is 458. The zero-order chi connectivity index (χ0) is 13.6. The van der Waals surface area contributed by atoms with Crippen molar-refractivity contribution in [3.8, 4) is 0 Å². The van der Waals surface area contributed by atoms with Crippen LogP contribution in [0.4, 0.5) is 4.39 Å². The van der Waals surface area contributed by atoms with Crippen LogP contribution in [0, 0.1) is 17.2 Å². The number of nitrogens with two attached hydrogens (primary N) is 1. The average molecular weight is 270 g/mol. The number of hydrogen-bond donors (Lipinski definition) is 1. The molecule has 100 valence electrons. The molecule has 1 nitrogen and oxygen atoms in total. The molecule has 0 radical (unpaired) electrons. The van der Waals surface area contributed by atoms with E-state index in [9.17, 15) is 4.39 Å². The average Bonchev–Trinajstić information content (AvgIpc) is 2.17. The summed E-state index contributed by atoms with van der Waals surface area (Å²) >= 11 is 6.21. The maximum atomic E-state index is 13.4. The fourth-order valence-corrected chi connectivity index (χ4v) is 4.03. The van der Waals surface area contributed by atoms with Crippen LogP contribution in [-0.4, -0.2) is 0 Å². The third-order valence-electron chi connectivity index (χ3n) is 3.87. The summed E-state index contributed by atoms with van der Waals surface area (Å²) in [6.07, 6.45) is 2.85. The monoisotopic (exact) mass is 269 g/mol. The molecule has 0 spiro atoms. The highest BCUT2D eigenvalue weighted by Gasteiger charge is 2.42. The van der Waals surface area contributed by atoms with Crippen molar-refractivity contribution in [3.63, 3.8) is 0 Å². The van der Waals surface area contributed by atoms with Gasteiger partial charge < -0.3 is 5.73 Å². The standard InChI is InChI=1S/C15H21ClFN/c1-10-7-14(2,3)9-15(18,8-10)12-6-11(17)4-5-13(12)16/h4-6,10H,7-9,18H2,1-3H3. The van der Waals surface area contributed by atoms with Crippen LogP contribution in [0.3, 0.4) is 0 Å². The second-order valence-electron chi connectivity index (χ2n) is 6.63. The van der Waals surface area contributed by atoms with Crippen LogP contribution in [-0.2, 0) is 5.54 Å². The van der Waals surface area contributed by atoms with E-state index in [2.05, 4.69) is 20.8 Å². The van der Waals surface area contributed by atoms with Gasteiger partial charge in [0.15, 0.2) is 0 Å². The Morgan fingerprint density at radius 1 is 1.33 bits per heavy atom. The quantitative estimate of drug-likeness (QED) is 0.799. The van der Waals surface area contributed by atoms with Gasteiger partial charge in [-0.05, 0) is 54.4 Å². The number of benzene rings is 1. The van der Waals surface area contributed by atoms with Crippen LogP contribution in [0.1, 0.15) is 45.6 Å². The molecule has 1 aromatic rings. The molecule has 1 aliphatic rings. The minimum Gasteiger partial charge on any atom is -0.321 e. The van der Waals surface area contributed by atoms with Crippen molar-refractivity contribution in [1.82, 2.24) is 0 Å². The highest BCUT2D eigenvalue weighted by molar-refractivity contribution is 6.31. The van der Waals surface area contributed by atoms with Crippen LogP contribution in [0.25, 0.3) is 0 Å². The van der Waals surface area contributed by atoms with Gasteiger partial charge in [-0.15, -0.1) is 0 Å². The van der Waals surface area contributed by atoms with Crippen LogP contribution in [0.15, 0.2) is 18.2 Å². The molecule has 1 saturated carbocycles. The molecule has 2 unspecified atom stereocenters. The van der Waals surface area contributed by atoms with Gasteiger partial charge >= 0.3 is 0 Å². The van der Waals surface area contributed by atoms with Crippen molar-refractivity contribution in [2.75, 3.05) is 0 Å². The van der Waals surface area contributed by atoms with E-state index in [1.807, 2.05) is 0 Å². The van der Waals surface area contributed by atoms with Gasteiger partial charge in [0.1, 0.15) is 5.82 Å². The Labute approximate surface area is 114 Å². The molecular formula is C15H21ClFN. The lowest BCUT2D eigenvalue weighted by Gasteiger charge is -2.46. The molecule has 0 saturated heterocycles. The summed E-state index contributed by atoms with van der Waals surface area (Å²) in [5, 5.41) is 0.573. The van der Waals surface area contributed by atoms with Gasteiger partial charge in [0, 0.05) is 10.6 Å². The minimum atomic E-state index is -0.514. The Hall–Kier alpha value is -0.600. The normalized spacial score (nSPS) is 31.3. The van der Waals surface area contributed by atoms with E-state index in [4.69, 9.17) is 17.3 Å². The molecule has 3 heteroatoms. The summed E-state index contributed by atoms with van der Waals surface area (Å²) in [5.74, 6) is 0.258. The van der Waals surface area contributed by atoms with E-state index in [0.29, 0.717) is 10.9 Å². The largest absolute Gasteiger partial charge is 0.321 e. The molecule has 1 fully saturated rings. The number of hydrogen-bond acceptors (Lipinski definition) is 1. The third kappa shape index (κ3) is 2.70. The first kappa shape index (κ1) is 13.8. The maximum absolute atomic E-state index is 13.4. The van der Waals surface area contributed by atoms with Crippen molar-refractivity contribution in [2.24, 2.45) is 17.1 Å². The molecule has 0 aromatic heterocycles. The SMILES string of the molecule is CC1CC(C)(C)CC(N)(c2cc(F)ccc2Cl)C1. The molecule has 2 N–H and O–H groups in total. The predicted molar refractivity (Wildman–Crippen MR) is 74.1 cm³/mol. The lowest BCUT2D eigenvalue weighted by Crippen LogP contribution is -2.46. The maximum Gasteiger partial charge on any atom is 0.123 e. The van der Waals surface area contributed by atoms with Crippen molar-refractivity contribution in [3.05, 3.63) is 34.6 Å². The van der Waals surface area contributed by atoms with Crippen LogP contribution >= 0.6 is 11.6 Å². The summed E-state index contributed by atoms with van der Waals surface area (Å²) in [6.45, 7) is 6.64. The predicted octanol–water partition coefficient (Wildman–Crippen LogP) is 4.48. The van der Waals surface area contributed by atoms with Crippen LogP contribution in [0.5, 0.6) is 0 Å². The topological polar surface area (TPSA) is 26.0 Å². The number of halogens is 2. The van der Waals surface area contributed by atoms with Gasteiger partial charge in [-0.25, -0.2) is 4.39 Å². The molecule has 2 rings (SSSR count). The molecule has 18 heavy (non-hydrogen) atoms. The molecule has 0 bridgehead atoms. The Morgan fingerprint density at radius 2 is 2.00 bits per heavy atom. The molecule has 0 heterocycles. The lowest BCUT2D eigenvalue weighted by molar-refractivity contribution is 0.107. The van der Waals surface area contributed by atoms with Gasteiger partial charge in [0.25, 0.3) is 0 Å². The first-order chi connectivity index (χ1) is 8.22. The first-order valence-corrected chi connectivity index (χ1v) is 6.84.